The normalized spacial score (nSPS) is 43.2. The molecule has 1 heterocycles. The van der Waals surface area contributed by atoms with Gasteiger partial charge in [-0.1, -0.05) is 6.92 Å². The average molecular weight is 170 g/mol. The van der Waals surface area contributed by atoms with Crippen LogP contribution in [0.3, 0.4) is 0 Å². The van der Waals surface area contributed by atoms with Crippen LogP contribution in [-0.4, -0.2) is 36.4 Å². The van der Waals surface area contributed by atoms with Gasteiger partial charge in [0.2, 0.25) is 0 Å². The Morgan fingerprint density at radius 2 is 2.08 bits per heavy atom. The number of piperidine rings is 1. The van der Waals surface area contributed by atoms with E-state index in [9.17, 15) is 4.79 Å². The number of Topliss-reactive ketones (excluding diaryl/α,β-unsaturated/α-hetero) is 1. The Labute approximate surface area is 75.1 Å². The molecule has 0 radical (unpaired) electrons. The molecule has 0 aromatic heterocycles. The predicted octanol–water partition coefficient (Wildman–Crippen LogP) is 1.45. The van der Waals surface area contributed by atoms with Crippen molar-refractivity contribution in [3.63, 3.8) is 0 Å². The SMILES string of the molecule is CC[N+]1(C)C[C@@H](C)C(=O)C[C@@H]1C. The first-order chi connectivity index (χ1) is 5.49. The van der Waals surface area contributed by atoms with E-state index in [0.717, 1.165) is 24.0 Å². The summed E-state index contributed by atoms with van der Waals surface area (Å²) in [5.41, 5.74) is 0. The van der Waals surface area contributed by atoms with Gasteiger partial charge >= 0.3 is 0 Å². The van der Waals surface area contributed by atoms with Crippen molar-refractivity contribution >= 4 is 5.78 Å². The van der Waals surface area contributed by atoms with E-state index >= 15 is 0 Å². The van der Waals surface area contributed by atoms with Gasteiger partial charge in [-0.05, 0) is 13.8 Å². The van der Waals surface area contributed by atoms with Crippen molar-refractivity contribution < 1.29 is 9.28 Å². The third-order valence-electron chi connectivity index (χ3n) is 3.52. The van der Waals surface area contributed by atoms with Crippen LogP contribution in [0.1, 0.15) is 27.2 Å². The molecule has 1 saturated heterocycles. The standard InChI is InChI=1S/C10H20NO/c1-5-11(4)7-8(2)10(12)6-9(11)3/h8-9H,5-7H2,1-4H3/q+1/t8-,9+,11?/m1/s1. The highest BCUT2D eigenvalue weighted by molar-refractivity contribution is 5.81. The molecular formula is C10H20NO+. The van der Waals surface area contributed by atoms with Crippen LogP contribution in [0.5, 0.6) is 0 Å². The minimum absolute atomic E-state index is 0.270. The first kappa shape index (κ1) is 9.72. The average Bonchev–Trinajstić information content (AvgIpc) is 2.01. The highest BCUT2D eigenvalue weighted by atomic mass is 16.1. The lowest BCUT2D eigenvalue weighted by molar-refractivity contribution is -0.934. The van der Waals surface area contributed by atoms with Crippen LogP contribution in [0, 0.1) is 5.92 Å². The third-order valence-corrected chi connectivity index (χ3v) is 3.52. The summed E-state index contributed by atoms with van der Waals surface area (Å²) < 4.78 is 1.06. The van der Waals surface area contributed by atoms with Crippen molar-refractivity contribution in [2.75, 3.05) is 20.1 Å². The summed E-state index contributed by atoms with van der Waals surface area (Å²) in [6.07, 6.45) is 0.769. The number of carbonyl (C=O) groups excluding carboxylic acids is 1. The molecule has 1 aliphatic rings. The van der Waals surface area contributed by atoms with Gasteiger partial charge in [-0.25, -0.2) is 0 Å². The molecule has 0 bridgehead atoms. The highest BCUT2D eigenvalue weighted by Gasteiger charge is 2.38. The molecule has 0 aromatic carbocycles. The van der Waals surface area contributed by atoms with Gasteiger partial charge in [-0.2, -0.15) is 0 Å². The number of rotatable bonds is 1. The van der Waals surface area contributed by atoms with Gasteiger partial charge < -0.3 is 4.48 Å². The summed E-state index contributed by atoms with van der Waals surface area (Å²) in [6, 6.07) is 0.513. The highest BCUT2D eigenvalue weighted by Crippen LogP contribution is 2.24. The molecule has 0 N–H and O–H groups in total. The summed E-state index contributed by atoms with van der Waals surface area (Å²) in [4.78, 5) is 11.4. The van der Waals surface area contributed by atoms with Gasteiger partial charge in [0.1, 0.15) is 5.78 Å². The first-order valence-electron chi connectivity index (χ1n) is 4.86. The molecule has 0 amide bonds. The monoisotopic (exact) mass is 170 g/mol. The van der Waals surface area contributed by atoms with Crippen LogP contribution in [0.15, 0.2) is 0 Å². The third kappa shape index (κ3) is 1.53. The van der Waals surface area contributed by atoms with Crippen molar-refractivity contribution in [2.45, 2.75) is 33.2 Å². The maximum Gasteiger partial charge on any atom is 0.147 e. The molecule has 1 fully saturated rings. The smallest absolute Gasteiger partial charge is 0.147 e. The molecule has 0 spiro atoms. The number of likely N-dealkylation sites (tertiary alicyclic amines) is 1. The van der Waals surface area contributed by atoms with E-state index in [1.807, 2.05) is 0 Å². The van der Waals surface area contributed by atoms with Gasteiger partial charge in [0, 0.05) is 0 Å². The van der Waals surface area contributed by atoms with Crippen LogP contribution in [0.4, 0.5) is 0 Å². The van der Waals surface area contributed by atoms with Crippen molar-refractivity contribution in [3.05, 3.63) is 0 Å². The summed E-state index contributed by atoms with van der Waals surface area (Å²) in [6.45, 7) is 8.61. The molecule has 1 aliphatic heterocycles. The summed E-state index contributed by atoms with van der Waals surface area (Å²) >= 11 is 0. The largest absolute Gasteiger partial charge is 0.323 e. The maximum absolute atomic E-state index is 11.4. The molecule has 2 heteroatoms. The Hall–Kier alpha value is -0.370. The lowest BCUT2D eigenvalue weighted by Crippen LogP contribution is -2.58. The lowest BCUT2D eigenvalue weighted by Gasteiger charge is -2.44. The van der Waals surface area contributed by atoms with E-state index in [-0.39, 0.29) is 5.92 Å². The van der Waals surface area contributed by atoms with Crippen LogP contribution in [0.2, 0.25) is 0 Å². The molecule has 70 valence electrons. The molecule has 1 rings (SSSR count). The lowest BCUT2D eigenvalue weighted by atomic mass is 9.91. The number of quaternary nitrogens is 1. The molecule has 0 saturated carbocycles. The van der Waals surface area contributed by atoms with Crippen LogP contribution in [0.25, 0.3) is 0 Å². The number of carbonyl (C=O) groups is 1. The fourth-order valence-corrected chi connectivity index (χ4v) is 2.06. The number of nitrogens with zero attached hydrogens (tertiary/aromatic N) is 1. The van der Waals surface area contributed by atoms with Crippen LogP contribution in [-0.2, 0) is 4.79 Å². The van der Waals surface area contributed by atoms with Crippen LogP contribution < -0.4 is 0 Å². The van der Waals surface area contributed by atoms with E-state index in [1.54, 1.807) is 0 Å². The van der Waals surface area contributed by atoms with E-state index in [2.05, 4.69) is 27.8 Å². The zero-order valence-electron chi connectivity index (χ0n) is 8.63. The van der Waals surface area contributed by atoms with Crippen LogP contribution >= 0.6 is 0 Å². The van der Waals surface area contributed by atoms with Crippen molar-refractivity contribution in [1.82, 2.24) is 0 Å². The zero-order valence-corrected chi connectivity index (χ0v) is 8.63. The molecule has 0 aromatic rings. The molecule has 1 unspecified atom stereocenters. The minimum Gasteiger partial charge on any atom is -0.323 e. The number of hydrogen-bond acceptors (Lipinski definition) is 1. The van der Waals surface area contributed by atoms with E-state index in [0.29, 0.717) is 11.8 Å². The summed E-state index contributed by atoms with van der Waals surface area (Å²) in [5.74, 6) is 0.720. The Balaban J connectivity index is 2.74. The second-order valence-electron chi connectivity index (χ2n) is 4.40. The summed E-state index contributed by atoms with van der Waals surface area (Å²) in [5, 5.41) is 0. The summed E-state index contributed by atoms with van der Waals surface area (Å²) in [7, 11) is 2.26. The molecular weight excluding hydrogens is 150 g/mol. The fourth-order valence-electron chi connectivity index (χ4n) is 2.06. The van der Waals surface area contributed by atoms with Gasteiger partial charge in [-0.15, -0.1) is 0 Å². The topological polar surface area (TPSA) is 17.1 Å². The second kappa shape index (κ2) is 3.17. The Bertz CT molecular complexity index is 190. The Morgan fingerprint density at radius 1 is 1.50 bits per heavy atom. The zero-order chi connectivity index (χ0) is 9.35. The van der Waals surface area contributed by atoms with Gasteiger partial charge in [0.25, 0.3) is 0 Å². The van der Waals surface area contributed by atoms with Crippen molar-refractivity contribution in [3.8, 4) is 0 Å². The van der Waals surface area contributed by atoms with E-state index in [4.69, 9.17) is 0 Å². The molecule has 12 heavy (non-hydrogen) atoms. The quantitative estimate of drug-likeness (QED) is 0.544. The second-order valence-corrected chi connectivity index (χ2v) is 4.40. The van der Waals surface area contributed by atoms with E-state index < -0.39 is 0 Å². The van der Waals surface area contributed by atoms with Crippen molar-refractivity contribution in [2.24, 2.45) is 5.92 Å². The molecule has 3 atom stereocenters. The van der Waals surface area contributed by atoms with Gasteiger partial charge in [0.15, 0.2) is 0 Å². The maximum atomic E-state index is 11.4. The van der Waals surface area contributed by atoms with E-state index in [1.165, 1.54) is 0 Å². The van der Waals surface area contributed by atoms with Crippen molar-refractivity contribution in [1.29, 1.82) is 0 Å². The first-order valence-corrected chi connectivity index (χ1v) is 4.86. The fraction of sp³-hybridized carbons (Fsp3) is 0.900. The minimum atomic E-state index is 0.270. The van der Waals surface area contributed by atoms with Gasteiger partial charge in [-0.3, -0.25) is 4.79 Å². The predicted molar refractivity (Wildman–Crippen MR) is 49.8 cm³/mol. The number of hydrogen-bond donors (Lipinski definition) is 0. The van der Waals surface area contributed by atoms with Gasteiger partial charge in [0.05, 0.1) is 38.5 Å². The number of ketones is 1. The molecule has 0 aliphatic carbocycles. The Kier molecular flexibility index (Phi) is 2.57. The molecule has 2 nitrogen and oxygen atoms in total. The Morgan fingerprint density at radius 3 is 2.58 bits per heavy atom.